The Morgan fingerprint density at radius 1 is 1.00 bits per heavy atom. The zero-order valence-electron chi connectivity index (χ0n) is 26.8. The van der Waals surface area contributed by atoms with Crippen LogP contribution in [0.5, 0.6) is 17.4 Å². The van der Waals surface area contributed by atoms with Crippen LogP contribution in [0, 0.1) is 5.82 Å². The fourth-order valence-corrected chi connectivity index (χ4v) is 4.98. The number of alkyl halides is 3. The molecule has 0 radical (unpaired) electrons. The molecular formula is C34H33F4N5O5. The van der Waals surface area contributed by atoms with Crippen molar-refractivity contribution in [1.82, 2.24) is 19.5 Å². The number of amides is 1. The van der Waals surface area contributed by atoms with Gasteiger partial charge >= 0.3 is 12.5 Å². The number of pyridine rings is 1. The summed E-state index contributed by atoms with van der Waals surface area (Å²) < 4.78 is 79.7. The second-order valence-electron chi connectivity index (χ2n) is 11.5. The summed E-state index contributed by atoms with van der Waals surface area (Å²) in [7, 11) is 1.39. The van der Waals surface area contributed by atoms with E-state index in [4.69, 9.17) is 18.9 Å². The van der Waals surface area contributed by atoms with Gasteiger partial charge in [-0.2, -0.15) is 9.37 Å². The number of methoxy groups -OCH3 is 1. The van der Waals surface area contributed by atoms with Crippen molar-refractivity contribution in [1.29, 1.82) is 0 Å². The largest absolute Gasteiger partial charge is 0.494 e. The Labute approximate surface area is 273 Å². The molecular weight excluding hydrogens is 634 g/mol. The van der Waals surface area contributed by atoms with Crippen LogP contribution in [0.4, 0.5) is 28.0 Å². The van der Waals surface area contributed by atoms with Gasteiger partial charge in [0.05, 0.1) is 30.2 Å². The van der Waals surface area contributed by atoms with Gasteiger partial charge in [-0.3, -0.25) is 5.32 Å². The number of benzene rings is 2. The molecule has 252 valence electrons. The SMILES string of the molecule is CCc1c(-c2ncc(NC(=O)OC(C)(C)C)cc2OC)n(-c2ccc(OCc3ccccc3)c(F)c2)c2c(OC(F)C(F)F)ncnc12. The van der Waals surface area contributed by atoms with E-state index in [1.807, 2.05) is 37.3 Å². The summed E-state index contributed by atoms with van der Waals surface area (Å²) in [5.41, 5.74) is 1.76. The molecule has 0 fully saturated rings. The minimum absolute atomic E-state index is 0.00943. The van der Waals surface area contributed by atoms with Gasteiger partial charge in [-0.25, -0.2) is 27.9 Å². The standard InChI is InChI=1S/C34H33F4N5O5/c1-6-22-26-29(32(41-18-40-26)47-31(38)30(36)37)43(21-12-13-24(23(35)15-21)46-17-19-10-8-7-9-11-19)28(22)27-25(45-5)14-20(16-39-27)42-33(44)48-34(2,3)4/h7-16,18,30-31H,6,17H2,1-5H3,(H,42,44). The average Bonchev–Trinajstić information content (AvgIpc) is 3.38. The number of ether oxygens (including phenoxy) is 4. The number of nitrogens with one attached hydrogen (secondary N) is 1. The fraction of sp³-hybridized carbons (Fsp3) is 0.294. The second kappa shape index (κ2) is 14.2. The smallest absolute Gasteiger partial charge is 0.412 e. The van der Waals surface area contributed by atoms with Gasteiger partial charge in [-0.05, 0) is 44.9 Å². The summed E-state index contributed by atoms with van der Waals surface area (Å²) in [5.74, 6) is -1.10. The monoisotopic (exact) mass is 667 g/mol. The molecule has 10 nitrogen and oxygen atoms in total. The highest BCUT2D eigenvalue weighted by Gasteiger charge is 2.30. The van der Waals surface area contributed by atoms with Crippen LogP contribution in [-0.4, -0.2) is 51.1 Å². The highest BCUT2D eigenvalue weighted by Crippen LogP contribution is 2.42. The van der Waals surface area contributed by atoms with E-state index in [-0.39, 0.29) is 46.2 Å². The van der Waals surface area contributed by atoms with Gasteiger partial charge in [0.25, 0.3) is 6.36 Å². The highest BCUT2D eigenvalue weighted by atomic mass is 19.3. The first-order chi connectivity index (χ1) is 22.9. The third kappa shape index (κ3) is 7.42. The molecule has 0 saturated carbocycles. The molecule has 0 saturated heterocycles. The Kier molecular flexibility index (Phi) is 10.0. The lowest BCUT2D eigenvalue weighted by molar-refractivity contribution is -0.0683. The van der Waals surface area contributed by atoms with E-state index in [0.29, 0.717) is 17.7 Å². The van der Waals surface area contributed by atoms with E-state index >= 15 is 4.39 Å². The topological polar surface area (TPSA) is 110 Å². The normalized spacial score (nSPS) is 12.2. The lowest BCUT2D eigenvalue weighted by Gasteiger charge is -2.20. The van der Waals surface area contributed by atoms with Crippen molar-refractivity contribution in [2.45, 2.75) is 59.1 Å². The van der Waals surface area contributed by atoms with Gasteiger partial charge in [0.2, 0.25) is 5.88 Å². The molecule has 1 unspecified atom stereocenters. The van der Waals surface area contributed by atoms with Crippen LogP contribution in [0.15, 0.2) is 67.1 Å². The van der Waals surface area contributed by atoms with Crippen LogP contribution in [0.3, 0.4) is 0 Å². The highest BCUT2D eigenvalue weighted by molar-refractivity contribution is 5.94. The van der Waals surface area contributed by atoms with E-state index in [1.54, 1.807) is 20.8 Å². The predicted molar refractivity (Wildman–Crippen MR) is 170 cm³/mol. The second-order valence-corrected chi connectivity index (χ2v) is 11.5. The van der Waals surface area contributed by atoms with Gasteiger partial charge in [0, 0.05) is 23.4 Å². The zero-order chi connectivity index (χ0) is 34.6. The summed E-state index contributed by atoms with van der Waals surface area (Å²) in [6.07, 6.45) is -4.45. The maximum atomic E-state index is 15.7. The number of halogens is 4. The number of carbonyl (C=O) groups is 1. The first kappa shape index (κ1) is 33.9. The van der Waals surface area contributed by atoms with Crippen molar-refractivity contribution in [2.24, 2.45) is 0 Å². The lowest BCUT2D eigenvalue weighted by atomic mass is 10.1. The number of aryl methyl sites for hydroxylation is 1. The number of anilines is 1. The molecule has 0 aliphatic rings. The maximum Gasteiger partial charge on any atom is 0.412 e. The van der Waals surface area contributed by atoms with Crippen molar-refractivity contribution < 1.29 is 41.3 Å². The molecule has 5 aromatic rings. The molecule has 14 heteroatoms. The van der Waals surface area contributed by atoms with Crippen molar-refractivity contribution in [2.75, 3.05) is 12.4 Å². The molecule has 5 rings (SSSR count). The zero-order valence-corrected chi connectivity index (χ0v) is 26.8. The Balaban J connectivity index is 1.68. The number of nitrogens with zero attached hydrogens (tertiary/aromatic N) is 4. The Morgan fingerprint density at radius 3 is 2.40 bits per heavy atom. The fourth-order valence-electron chi connectivity index (χ4n) is 4.98. The quantitative estimate of drug-likeness (QED) is 0.141. The van der Waals surface area contributed by atoms with E-state index < -0.39 is 36.2 Å². The van der Waals surface area contributed by atoms with Crippen LogP contribution in [0.1, 0.15) is 38.8 Å². The van der Waals surface area contributed by atoms with Gasteiger partial charge in [-0.1, -0.05) is 37.3 Å². The summed E-state index contributed by atoms with van der Waals surface area (Å²) in [4.78, 5) is 25.3. The summed E-state index contributed by atoms with van der Waals surface area (Å²) in [6.45, 7) is 7.08. The van der Waals surface area contributed by atoms with E-state index in [1.165, 1.54) is 42.1 Å². The molecule has 1 atom stereocenters. The molecule has 0 spiro atoms. The van der Waals surface area contributed by atoms with E-state index in [2.05, 4.69) is 20.3 Å². The number of hydrogen-bond acceptors (Lipinski definition) is 8. The van der Waals surface area contributed by atoms with Gasteiger partial charge in [0.1, 0.15) is 35.5 Å². The van der Waals surface area contributed by atoms with Crippen LogP contribution in [0.25, 0.3) is 28.1 Å². The number of rotatable bonds is 11. The third-order valence-electron chi connectivity index (χ3n) is 6.94. The van der Waals surface area contributed by atoms with E-state index in [0.717, 1.165) is 11.9 Å². The minimum Gasteiger partial charge on any atom is -0.494 e. The van der Waals surface area contributed by atoms with Crippen LogP contribution in [-0.2, 0) is 17.8 Å². The first-order valence-corrected chi connectivity index (χ1v) is 14.9. The summed E-state index contributed by atoms with van der Waals surface area (Å²) in [5, 5.41) is 2.60. The Hall–Kier alpha value is -5.40. The predicted octanol–water partition coefficient (Wildman–Crippen LogP) is 8.06. The van der Waals surface area contributed by atoms with Crippen molar-refractivity contribution >= 4 is 22.8 Å². The molecule has 0 bridgehead atoms. The number of fused-ring (bicyclic) bond motifs is 1. The summed E-state index contributed by atoms with van der Waals surface area (Å²) in [6, 6.07) is 14.8. The minimum atomic E-state index is -3.46. The Bertz CT molecular complexity index is 1910. The molecule has 1 amide bonds. The number of hydrogen-bond donors (Lipinski definition) is 1. The average molecular weight is 668 g/mol. The lowest BCUT2D eigenvalue weighted by Crippen LogP contribution is -2.27. The van der Waals surface area contributed by atoms with Crippen LogP contribution < -0.4 is 19.5 Å². The molecule has 3 heterocycles. The van der Waals surface area contributed by atoms with Crippen molar-refractivity contribution in [3.8, 4) is 34.5 Å². The maximum absolute atomic E-state index is 15.7. The molecule has 1 N–H and O–H groups in total. The molecule has 3 aromatic heterocycles. The number of aromatic nitrogens is 4. The molecule has 0 aliphatic carbocycles. The summed E-state index contributed by atoms with van der Waals surface area (Å²) >= 11 is 0. The number of carbonyl (C=O) groups excluding carboxylic acids is 1. The first-order valence-electron chi connectivity index (χ1n) is 14.9. The van der Waals surface area contributed by atoms with Crippen LogP contribution in [0.2, 0.25) is 0 Å². The van der Waals surface area contributed by atoms with Crippen molar-refractivity contribution in [3.05, 3.63) is 84.1 Å². The van der Waals surface area contributed by atoms with E-state index in [9.17, 15) is 18.0 Å². The third-order valence-corrected chi connectivity index (χ3v) is 6.94. The molecule has 48 heavy (non-hydrogen) atoms. The van der Waals surface area contributed by atoms with Crippen LogP contribution >= 0.6 is 0 Å². The Morgan fingerprint density at radius 2 is 1.75 bits per heavy atom. The van der Waals surface area contributed by atoms with Gasteiger partial charge < -0.3 is 23.5 Å². The van der Waals surface area contributed by atoms with Crippen molar-refractivity contribution in [3.63, 3.8) is 0 Å². The van der Waals surface area contributed by atoms with Gasteiger partial charge in [-0.15, -0.1) is 0 Å². The molecule has 0 aliphatic heterocycles. The molecule has 2 aromatic carbocycles. The van der Waals surface area contributed by atoms with Gasteiger partial charge in [0.15, 0.2) is 11.6 Å².